The number of nitrogens with zero attached hydrogens (tertiary/aromatic N) is 2. The average Bonchev–Trinajstić information content (AvgIpc) is 2.20. The van der Waals surface area contributed by atoms with Crippen LogP contribution in [-0.2, 0) is 0 Å². The molecule has 0 aromatic carbocycles. The van der Waals surface area contributed by atoms with Crippen molar-refractivity contribution in [3.63, 3.8) is 0 Å². The molecule has 3 nitrogen and oxygen atoms in total. The normalized spacial score (nSPS) is 22.4. The summed E-state index contributed by atoms with van der Waals surface area (Å²) >= 11 is 0. The molecule has 1 aliphatic heterocycles. The first-order valence-electron chi connectivity index (χ1n) is 5.25. The van der Waals surface area contributed by atoms with Gasteiger partial charge in [0.2, 0.25) is 0 Å². The van der Waals surface area contributed by atoms with Crippen molar-refractivity contribution in [1.82, 2.24) is 4.98 Å². The molecule has 0 bridgehead atoms. The minimum atomic E-state index is 0.605. The van der Waals surface area contributed by atoms with Crippen LogP contribution in [0.3, 0.4) is 0 Å². The highest BCUT2D eigenvalue weighted by Crippen LogP contribution is 2.28. The van der Waals surface area contributed by atoms with Crippen molar-refractivity contribution >= 4 is 11.4 Å². The molecule has 2 heterocycles. The van der Waals surface area contributed by atoms with E-state index < -0.39 is 0 Å². The largest absolute Gasteiger partial charge is 0.396 e. The van der Waals surface area contributed by atoms with Gasteiger partial charge < -0.3 is 10.6 Å². The predicted molar refractivity (Wildman–Crippen MR) is 59.3 cm³/mol. The van der Waals surface area contributed by atoms with Gasteiger partial charge in [-0.2, -0.15) is 0 Å². The Balaban J connectivity index is 2.25. The Morgan fingerprint density at radius 3 is 3.07 bits per heavy atom. The summed E-state index contributed by atoms with van der Waals surface area (Å²) in [6.45, 7) is 3.38. The second-order valence-corrected chi connectivity index (χ2v) is 3.97. The first kappa shape index (κ1) is 9.31. The van der Waals surface area contributed by atoms with Crippen molar-refractivity contribution in [3.8, 4) is 0 Å². The monoisotopic (exact) mass is 191 g/mol. The maximum absolute atomic E-state index is 5.91. The maximum Gasteiger partial charge on any atom is 0.0738 e. The van der Waals surface area contributed by atoms with Crippen molar-refractivity contribution in [3.05, 3.63) is 18.5 Å². The first-order chi connectivity index (χ1) is 6.79. The van der Waals surface area contributed by atoms with Crippen LogP contribution in [0.5, 0.6) is 0 Å². The smallest absolute Gasteiger partial charge is 0.0738 e. The van der Waals surface area contributed by atoms with Crippen LogP contribution in [0.25, 0.3) is 0 Å². The fourth-order valence-corrected chi connectivity index (χ4v) is 2.12. The van der Waals surface area contributed by atoms with Gasteiger partial charge in [0.1, 0.15) is 0 Å². The van der Waals surface area contributed by atoms with Crippen LogP contribution < -0.4 is 10.6 Å². The summed E-state index contributed by atoms with van der Waals surface area (Å²) in [6.07, 6.45) is 7.42. The van der Waals surface area contributed by atoms with Crippen molar-refractivity contribution in [2.45, 2.75) is 32.2 Å². The lowest BCUT2D eigenvalue weighted by atomic mass is 10.0. The molecule has 14 heavy (non-hydrogen) atoms. The fraction of sp³-hybridized carbons (Fsp3) is 0.545. The second kappa shape index (κ2) is 3.86. The Morgan fingerprint density at radius 2 is 2.36 bits per heavy atom. The second-order valence-electron chi connectivity index (χ2n) is 3.97. The lowest BCUT2D eigenvalue weighted by Gasteiger charge is -2.35. The van der Waals surface area contributed by atoms with Gasteiger partial charge in [0.25, 0.3) is 0 Å². The first-order valence-corrected chi connectivity index (χ1v) is 5.25. The molecule has 1 aromatic heterocycles. The summed E-state index contributed by atoms with van der Waals surface area (Å²) in [6, 6.07) is 2.62. The van der Waals surface area contributed by atoms with Crippen LogP contribution >= 0.6 is 0 Å². The van der Waals surface area contributed by atoms with Gasteiger partial charge in [-0.1, -0.05) is 0 Å². The molecular formula is C11H17N3. The highest BCUT2D eigenvalue weighted by Gasteiger charge is 2.19. The third-order valence-corrected chi connectivity index (χ3v) is 2.94. The number of rotatable bonds is 1. The number of nitrogen functional groups attached to an aromatic ring is 1. The quantitative estimate of drug-likeness (QED) is 0.738. The summed E-state index contributed by atoms with van der Waals surface area (Å²) in [7, 11) is 0. The number of anilines is 2. The molecule has 2 N–H and O–H groups in total. The molecule has 0 saturated carbocycles. The van der Waals surface area contributed by atoms with Gasteiger partial charge in [-0.25, -0.2) is 0 Å². The van der Waals surface area contributed by atoms with E-state index in [4.69, 9.17) is 5.73 Å². The number of aromatic nitrogens is 1. The Hall–Kier alpha value is -1.25. The highest BCUT2D eigenvalue weighted by atomic mass is 15.2. The van der Waals surface area contributed by atoms with Crippen molar-refractivity contribution in [2.75, 3.05) is 17.2 Å². The van der Waals surface area contributed by atoms with Gasteiger partial charge >= 0.3 is 0 Å². The van der Waals surface area contributed by atoms with Crippen molar-refractivity contribution in [1.29, 1.82) is 0 Å². The Bertz CT molecular complexity index is 311. The third-order valence-electron chi connectivity index (χ3n) is 2.94. The highest BCUT2D eigenvalue weighted by molar-refractivity contribution is 5.66. The standard InChI is InChI=1S/C11H17N3/c1-9-4-2-3-7-14(9)11-5-6-13-8-10(11)12/h5-6,8-9H,2-4,7,12H2,1H3/t9-/m1/s1. The molecule has 1 aromatic rings. The molecule has 0 spiro atoms. The lowest BCUT2D eigenvalue weighted by molar-refractivity contribution is 0.485. The van der Waals surface area contributed by atoms with Crippen LogP contribution in [0.15, 0.2) is 18.5 Å². The zero-order valence-corrected chi connectivity index (χ0v) is 8.61. The zero-order chi connectivity index (χ0) is 9.97. The average molecular weight is 191 g/mol. The molecule has 1 aliphatic rings. The zero-order valence-electron chi connectivity index (χ0n) is 8.61. The molecule has 1 fully saturated rings. The lowest BCUT2D eigenvalue weighted by Crippen LogP contribution is -2.37. The van der Waals surface area contributed by atoms with E-state index in [0.29, 0.717) is 6.04 Å². The van der Waals surface area contributed by atoms with E-state index >= 15 is 0 Å². The molecule has 0 radical (unpaired) electrons. The minimum Gasteiger partial charge on any atom is -0.396 e. The third kappa shape index (κ3) is 1.67. The Kier molecular flexibility index (Phi) is 2.57. The molecule has 0 unspecified atom stereocenters. The van der Waals surface area contributed by atoms with Crippen LogP contribution in [0.1, 0.15) is 26.2 Å². The maximum atomic E-state index is 5.91. The number of nitrogens with two attached hydrogens (primary N) is 1. The van der Waals surface area contributed by atoms with Gasteiger partial charge in [0, 0.05) is 18.8 Å². The molecule has 0 amide bonds. The fourth-order valence-electron chi connectivity index (χ4n) is 2.12. The topological polar surface area (TPSA) is 42.2 Å². The van der Waals surface area contributed by atoms with E-state index in [1.807, 2.05) is 12.3 Å². The number of pyridine rings is 1. The van der Waals surface area contributed by atoms with Gasteiger partial charge in [0.05, 0.1) is 17.6 Å². The van der Waals surface area contributed by atoms with Crippen molar-refractivity contribution < 1.29 is 0 Å². The summed E-state index contributed by atoms with van der Waals surface area (Å²) in [5.74, 6) is 0. The molecule has 76 valence electrons. The van der Waals surface area contributed by atoms with Crippen LogP contribution in [0, 0.1) is 0 Å². The minimum absolute atomic E-state index is 0.605. The van der Waals surface area contributed by atoms with Crippen molar-refractivity contribution in [2.24, 2.45) is 0 Å². The van der Waals surface area contributed by atoms with E-state index in [1.165, 1.54) is 19.3 Å². The van der Waals surface area contributed by atoms with Gasteiger partial charge in [-0.15, -0.1) is 0 Å². The number of hydrogen-bond acceptors (Lipinski definition) is 3. The molecule has 1 atom stereocenters. The van der Waals surface area contributed by atoms with Crippen LogP contribution in [0.2, 0.25) is 0 Å². The predicted octanol–water partition coefficient (Wildman–Crippen LogP) is 2.04. The molecule has 1 saturated heterocycles. The summed E-state index contributed by atoms with van der Waals surface area (Å²) in [4.78, 5) is 6.40. The summed E-state index contributed by atoms with van der Waals surface area (Å²) in [5.41, 5.74) is 7.85. The van der Waals surface area contributed by atoms with E-state index in [0.717, 1.165) is 17.9 Å². The van der Waals surface area contributed by atoms with E-state index in [-0.39, 0.29) is 0 Å². The molecule has 3 heteroatoms. The molecular weight excluding hydrogens is 174 g/mol. The van der Waals surface area contributed by atoms with E-state index in [1.54, 1.807) is 6.20 Å². The Labute approximate surface area is 84.9 Å². The number of hydrogen-bond donors (Lipinski definition) is 1. The van der Waals surface area contributed by atoms with E-state index in [2.05, 4.69) is 16.8 Å². The van der Waals surface area contributed by atoms with E-state index in [9.17, 15) is 0 Å². The summed E-state index contributed by atoms with van der Waals surface area (Å²) in [5, 5.41) is 0. The van der Waals surface area contributed by atoms with Gasteiger partial charge in [-0.3, -0.25) is 4.98 Å². The van der Waals surface area contributed by atoms with Gasteiger partial charge in [-0.05, 0) is 32.3 Å². The molecule has 0 aliphatic carbocycles. The summed E-state index contributed by atoms with van der Waals surface area (Å²) < 4.78 is 0. The van der Waals surface area contributed by atoms with Crippen LogP contribution in [-0.4, -0.2) is 17.6 Å². The number of piperidine rings is 1. The van der Waals surface area contributed by atoms with Crippen LogP contribution in [0.4, 0.5) is 11.4 Å². The SMILES string of the molecule is C[C@@H]1CCCCN1c1ccncc1N. The molecule has 2 rings (SSSR count). The Morgan fingerprint density at radius 1 is 1.50 bits per heavy atom. The van der Waals surface area contributed by atoms with Gasteiger partial charge in [0.15, 0.2) is 0 Å².